The second-order valence-electron chi connectivity index (χ2n) is 6.14. The Morgan fingerprint density at radius 1 is 1.11 bits per heavy atom. The average Bonchev–Trinajstić information content (AvgIpc) is 3.39. The van der Waals surface area contributed by atoms with Gasteiger partial charge >= 0.3 is 0 Å². The van der Waals surface area contributed by atoms with Gasteiger partial charge in [0.1, 0.15) is 5.82 Å². The Bertz CT molecular complexity index is 944. The third kappa shape index (κ3) is 4.09. The van der Waals surface area contributed by atoms with Gasteiger partial charge in [-0.05, 0) is 24.3 Å². The van der Waals surface area contributed by atoms with Crippen molar-refractivity contribution in [2.75, 3.05) is 31.1 Å². The van der Waals surface area contributed by atoms with Crippen LogP contribution in [0.2, 0.25) is 0 Å². The summed E-state index contributed by atoms with van der Waals surface area (Å²) in [5, 5.41) is 2.98. The number of benzene rings is 1. The molecule has 1 aliphatic rings. The number of amides is 1. The number of hydrogen-bond donors (Lipinski definition) is 0. The third-order valence-corrected chi connectivity index (χ3v) is 6.35. The number of hydrogen-bond acceptors (Lipinski definition) is 5. The highest BCUT2D eigenvalue weighted by atomic mass is 32.1. The van der Waals surface area contributed by atoms with Crippen molar-refractivity contribution in [2.45, 2.75) is 0 Å². The zero-order valence-corrected chi connectivity index (χ0v) is 16.2. The molecule has 4 rings (SSSR count). The topological polar surface area (TPSA) is 36.4 Å². The Hall–Kier alpha value is -2.51. The number of thiazole rings is 1. The molecule has 27 heavy (non-hydrogen) atoms. The Morgan fingerprint density at radius 2 is 1.93 bits per heavy atom. The van der Waals surface area contributed by atoms with E-state index in [0.717, 1.165) is 28.0 Å². The first-order valence-electron chi connectivity index (χ1n) is 8.67. The number of rotatable bonds is 4. The molecule has 1 fully saturated rings. The molecule has 2 aromatic heterocycles. The van der Waals surface area contributed by atoms with Gasteiger partial charge < -0.3 is 9.80 Å². The highest BCUT2D eigenvalue weighted by Gasteiger charge is 2.20. The van der Waals surface area contributed by atoms with E-state index in [1.807, 2.05) is 34.6 Å². The van der Waals surface area contributed by atoms with Gasteiger partial charge in [-0.1, -0.05) is 18.2 Å². The Morgan fingerprint density at radius 3 is 2.67 bits per heavy atom. The van der Waals surface area contributed by atoms with Crippen LogP contribution in [0.3, 0.4) is 0 Å². The smallest absolute Gasteiger partial charge is 0.246 e. The number of carbonyl (C=O) groups excluding carboxylic acids is 1. The third-order valence-electron chi connectivity index (χ3n) is 4.44. The van der Waals surface area contributed by atoms with Gasteiger partial charge in [0.15, 0.2) is 5.13 Å². The Balaban J connectivity index is 1.36. The van der Waals surface area contributed by atoms with Crippen LogP contribution in [0.4, 0.5) is 9.52 Å². The van der Waals surface area contributed by atoms with Gasteiger partial charge in [-0.25, -0.2) is 9.37 Å². The van der Waals surface area contributed by atoms with Gasteiger partial charge in [-0.15, -0.1) is 22.7 Å². The number of anilines is 1. The lowest BCUT2D eigenvalue weighted by molar-refractivity contribution is -0.126. The molecule has 3 aromatic rings. The minimum absolute atomic E-state index is 0.00892. The number of piperazine rings is 1. The molecule has 4 nitrogen and oxygen atoms in total. The Labute approximate surface area is 165 Å². The fraction of sp³-hybridized carbons (Fsp3) is 0.200. The maximum atomic E-state index is 13.9. The summed E-state index contributed by atoms with van der Waals surface area (Å²) >= 11 is 3.09. The van der Waals surface area contributed by atoms with Gasteiger partial charge in [0.05, 0.1) is 0 Å². The second kappa shape index (κ2) is 8.02. The lowest BCUT2D eigenvalue weighted by Crippen LogP contribution is -2.48. The number of nitrogens with zero attached hydrogens (tertiary/aromatic N) is 3. The summed E-state index contributed by atoms with van der Waals surface area (Å²) in [4.78, 5) is 22.6. The lowest BCUT2D eigenvalue weighted by atomic mass is 10.2. The monoisotopic (exact) mass is 399 g/mol. The lowest BCUT2D eigenvalue weighted by Gasteiger charge is -2.34. The maximum Gasteiger partial charge on any atom is 0.246 e. The van der Waals surface area contributed by atoms with Crippen LogP contribution in [0.25, 0.3) is 16.5 Å². The van der Waals surface area contributed by atoms with Crippen LogP contribution in [0.1, 0.15) is 4.88 Å². The zero-order chi connectivity index (χ0) is 18.6. The Kier molecular flexibility index (Phi) is 5.31. The number of halogens is 1. The van der Waals surface area contributed by atoms with E-state index in [0.29, 0.717) is 18.7 Å². The van der Waals surface area contributed by atoms with E-state index in [2.05, 4.69) is 9.88 Å². The van der Waals surface area contributed by atoms with Crippen LogP contribution in [0.15, 0.2) is 54.1 Å². The number of aromatic nitrogens is 1. The summed E-state index contributed by atoms with van der Waals surface area (Å²) in [5.41, 5.74) is 0.590. The van der Waals surface area contributed by atoms with Crippen molar-refractivity contribution in [2.24, 2.45) is 0 Å². The van der Waals surface area contributed by atoms with E-state index in [4.69, 9.17) is 0 Å². The van der Waals surface area contributed by atoms with Crippen molar-refractivity contribution in [1.82, 2.24) is 9.88 Å². The SMILES string of the molecule is O=C(/C=C/c1ccc(-c2ccccc2F)s1)N1CCN(c2nccs2)CC1. The van der Waals surface area contributed by atoms with E-state index >= 15 is 0 Å². The van der Waals surface area contributed by atoms with Crippen molar-refractivity contribution < 1.29 is 9.18 Å². The van der Waals surface area contributed by atoms with Gasteiger partial charge in [0, 0.05) is 59.1 Å². The fourth-order valence-corrected chi connectivity index (χ4v) is 4.63. The van der Waals surface area contributed by atoms with Gasteiger partial charge in [-0.3, -0.25) is 4.79 Å². The standard InChI is InChI=1S/C20H18FN3OS2/c21-17-4-2-1-3-16(17)18-7-5-15(27-18)6-8-19(25)23-10-12-24(13-11-23)20-22-9-14-26-20/h1-9,14H,10-13H2/b8-6+. The van der Waals surface area contributed by atoms with E-state index in [9.17, 15) is 9.18 Å². The first-order chi connectivity index (χ1) is 13.2. The quantitative estimate of drug-likeness (QED) is 0.611. The molecule has 1 saturated heterocycles. The van der Waals surface area contributed by atoms with E-state index in [1.54, 1.807) is 35.7 Å². The highest BCUT2D eigenvalue weighted by Crippen LogP contribution is 2.30. The van der Waals surface area contributed by atoms with Crippen molar-refractivity contribution in [3.8, 4) is 10.4 Å². The number of carbonyl (C=O) groups is 1. The summed E-state index contributed by atoms with van der Waals surface area (Å²) in [6.07, 6.45) is 5.22. The first kappa shape index (κ1) is 17.9. The van der Waals surface area contributed by atoms with Crippen molar-refractivity contribution in [3.05, 3.63) is 64.7 Å². The largest absolute Gasteiger partial charge is 0.345 e. The van der Waals surface area contributed by atoms with E-state index < -0.39 is 0 Å². The first-order valence-corrected chi connectivity index (χ1v) is 10.4. The molecule has 0 radical (unpaired) electrons. The molecular formula is C20H18FN3OS2. The van der Waals surface area contributed by atoms with Crippen LogP contribution in [-0.4, -0.2) is 42.0 Å². The molecule has 0 spiro atoms. The van der Waals surface area contributed by atoms with Crippen LogP contribution in [-0.2, 0) is 4.79 Å². The highest BCUT2D eigenvalue weighted by molar-refractivity contribution is 7.16. The molecule has 0 bridgehead atoms. The summed E-state index contributed by atoms with van der Waals surface area (Å²) < 4.78 is 13.9. The predicted molar refractivity (Wildman–Crippen MR) is 110 cm³/mol. The zero-order valence-electron chi connectivity index (χ0n) is 14.5. The van der Waals surface area contributed by atoms with Crippen LogP contribution < -0.4 is 4.90 Å². The average molecular weight is 400 g/mol. The molecule has 1 aromatic carbocycles. The molecular weight excluding hydrogens is 381 g/mol. The summed E-state index contributed by atoms with van der Waals surface area (Å²) in [7, 11) is 0. The molecule has 0 aliphatic carbocycles. The molecule has 0 N–H and O–H groups in total. The molecule has 0 unspecified atom stereocenters. The fourth-order valence-electron chi connectivity index (χ4n) is 3.00. The van der Waals surface area contributed by atoms with Gasteiger partial charge in [-0.2, -0.15) is 0 Å². The van der Waals surface area contributed by atoms with Gasteiger partial charge in [0.25, 0.3) is 0 Å². The minimum Gasteiger partial charge on any atom is -0.345 e. The molecule has 7 heteroatoms. The van der Waals surface area contributed by atoms with E-state index in [-0.39, 0.29) is 11.7 Å². The normalized spacial score (nSPS) is 14.9. The molecule has 138 valence electrons. The number of thiophene rings is 1. The molecule has 0 atom stereocenters. The molecule has 1 amide bonds. The van der Waals surface area contributed by atoms with Crippen molar-refractivity contribution >= 4 is 39.8 Å². The van der Waals surface area contributed by atoms with Crippen LogP contribution in [0.5, 0.6) is 0 Å². The van der Waals surface area contributed by atoms with Crippen LogP contribution >= 0.6 is 22.7 Å². The van der Waals surface area contributed by atoms with Crippen molar-refractivity contribution in [3.63, 3.8) is 0 Å². The maximum absolute atomic E-state index is 13.9. The van der Waals surface area contributed by atoms with E-state index in [1.165, 1.54) is 17.4 Å². The molecule has 1 aliphatic heterocycles. The molecule has 3 heterocycles. The summed E-state index contributed by atoms with van der Waals surface area (Å²) in [6, 6.07) is 10.5. The summed E-state index contributed by atoms with van der Waals surface area (Å²) in [5.74, 6) is -0.223. The molecule has 0 saturated carbocycles. The van der Waals surface area contributed by atoms with Crippen molar-refractivity contribution in [1.29, 1.82) is 0 Å². The summed E-state index contributed by atoms with van der Waals surface area (Å²) in [6.45, 7) is 2.97. The predicted octanol–water partition coefficient (Wildman–Crippen LogP) is 4.37. The minimum atomic E-state index is -0.232. The second-order valence-corrected chi connectivity index (χ2v) is 8.13. The van der Waals surface area contributed by atoms with Gasteiger partial charge in [0.2, 0.25) is 5.91 Å². The van der Waals surface area contributed by atoms with Crippen LogP contribution in [0, 0.1) is 5.82 Å².